The summed E-state index contributed by atoms with van der Waals surface area (Å²) in [4.78, 5) is 10.5. The number of nitrogens with two attached hydrogens (primary N) is 1. The normalized spacial score (nSPS) is 21.5. The number of hydrogen-bond donors (Lipinski definition) is 2. The summed E-state index contributed by atoms with van der Waals surface area (Å²) < 4.78 is 0. The second-order valence-electron chi connectivity index (χ2n) is 5.46. The second-order valence-corrected chi connectivity index (χ2v) is 5.46. The van der Waals surface area contributed by atoms with E-state index in [1.54, 1.807) is 0 Å². The Labute approximate surface area is 92.8 Å². The first-order valence-corrected chi connectivity index (χ1v) is 6.01. The predicted molar refractivity (Wildman–Crippen MR) is 62.5 cm³/mol. The van der Waals surface area contributed by atoms with Gasteiger partial charge in [0, 0.05) is 12.5 Å². The molecule has 1 amide bonds. The SMILES string of the molecule is CC1(C)CCC(NCCCC(N)=O)CC1. The molecule has 0 aliphatic heterocycles. The first-order valence-electron chi connectivity index (χ1n) is 6.01. The maximum absolute atomic E-state index is 10.5. The van der Waals surface area contributed by atoms with Crippen molar-refractivity contribution in [2.75, 3.05) is 6.54 Å². The minimum Gasteiger partial charge on any atom is -0.370 e. The molecule has 0 aromatic carbocycles. The zero-order chi connectivity index (χ0) is 11.3. The molecule has 1 rings (SSSR count). The maximum Gasteiger partial charge on any atom is 0.217 e. The fourth-order valence-electron chi connectivity index (χ4n) is 2.17. The van der Waals surface area contributed by atoms with E-state index in [-0.39, 0.29) is 5.91 Å². The minimum absolute atomic E-state index is 0.193. The number of amides is 1. The van der Waals surface area contributed by atoms with E-state index in [0.29, 0.717) is 17.9 Å². The Balaban J connectivity index is 2.06. The molecular formula is C12H24N2O. The second kappa shape index (κ2) is 5.50. The molecule has 3 N–H and O–H groups in total. The first-order chi connectivity index (χ1) is 6.99. The highest BCUT2D eigenvalue weighted by Gasteiger charge is 2.26. The Morgan fingerprint density at radius 3 is 2.53 bits per heavy atom. The molecule has 0 bridgehead atoms. The van der Waals surface area contributed by atoms with Gasteiger partial charge < -0.3 is 11.1 Å². The van der Waals surface area contributed by atoms with Crippen molar-refractivity contribution in [2.24, 2.45) is 11.1 Å². The molecule has 88 valence electrons. The molecular weight excluding hydrogens is 188 g/mol. The first kappa shape index (κ1) is 12.5. The van der Waals surface area contributed by atoms with Crippen molar-refractivity contribution in [2.45, 2.75) is 58.4 Å². The molecule has 3 heteroatoms. The van der Waals surface area contributed by atoms with Gasteiger partial charge in [0.15, 0.2) is 0 Å². The lowest BCUT2D eigenvalue weighted by atomic mass is 9.75. The van der Waals surface area contributed by atoms with Crippen LogP contribution in [0.1, 0.15) is 52.4 Å². The highest BCUT2D eigenvalue weighted by molar-refractivity contribution is 5.73. The predicted octanol–water partition coefficient (Wildman–Crippen LogP) is 1.81. The van der Waals surface area contributed by atoms with Crippen LogP contribution in [0, 0.1) is 5.41 Å². The molecule has 15 heavy (non-hydrogen) atoms. The summed E-state index contributed by atoms with van der Waals surface area (Å²) in [6.45, 7) is 5.61. The highest BCUT2D eigenvalue weighted by Crippen LogP contribution is 2.34. The van der Waals surface area contributed by atoms with Crippen molar-refractivity contribution in [3.05, 3.63) is 0 Å². The van der Waals surface area contributed by atoms with Crippen LogP contribution < -0.4 is 11.1 Å². The molecule has 0 saturated heterocycles. The van der Waals surface area contributed by atoms with Gasteiger partial charge in [-0.2, -0.15) is 0 Å². The van der Waals surface area contributed by atoms with E-state index in [1.807, 2.05) is 0 Å². The van der Waals surface area contributed by atoms with Gasteiger partial charge in [0.25, 0.3) is 0 Å². The number of rotatable bonds is 5. The van der Waals surface area contributed by atoms with Crippen LogP contribution in [-0.4, -0.2) is 18.5 Å². The Bertz CT molecular complexity index is 204. The molecule has 0 aromatic rings. The van der Waals surface area contributed by atoms with Gasteiger partial charge in [0.1, 0.15) is 0 Å². The van der Waals surface area contributed by atoms with Crippen LogP contribution in [0.25, 0.3) is 0 Å². The summed E-state index contributed by atoms with van der Waals surface area (Å²) in [6.07, 6.45) is 6.52. The van der Waals surface area contributed by atoms with E-state index in [9.17, 15) is 4.79 Å². The molecule has 0 spiro atoms. The van der Waals surface area contributed by atoms with Crippen molar-refractivity contribution in [3.8, 4) is 0 Å². The highest BCUT2D eigenvalue weighted by atomic mass is 16.1. The smallest absolute Gasteiger partial charge is 0.217 e. The number of carbonyl (C=O) groups excluding carboxylic acids is 1. The van der Waals surface area contributed by atoms with Crippen molar-refractivity contribution >= 4 is 5.91 Å². The van der Waals surface area contributed by atoms with Crippen LogP contribution in [0.15, 0.2) is 0 Å². The van der Waals surface area contributed by atoms with Gasteiger partial charge in [-0.05, 0) is 44.1 Å². The standard InChI is InChI=1S/C12H24N2O/c1-12(2)7-5-10(6-8-12)14-9-3-4-11(13)15/h10,14H,3-9H2,1-2H3,(H2,13,15). The largest absolute Gasteiger partial charge is 0.370 e. The molecule has 0 heterocycles. The fraction of sp³-hybridized carbons (Fsp3) is 0.917. The molecule has 0 unspecified atom stereocenters. The van der Waals surface area contributed by atoms with Crippen LogP contribution in [0.3, 0.4) is 0 Å². The lowest BCUT2D eigenvalue weighted by Crippen LogP contribution is -2.36. The quantitative estimate of drug-likeness (QED) is 0.683. The topological polar surface area (TPSA) is 55.1 Å². The average molecular weight is 212 g/mol. The number of hydrogen-bond acceptors (Lipinski definition) is 2. The number of carbonyl (C=O) groups is 1. The average Bonchev–Trinajstić information content (AvgIpc) is 2.14. The molecule has 0 aromatic heterocycles. The molecule has 1 aliphatic carbocycles. The van der Waals surface area contributed by atoms with E-state index in [1.165, 1.54) is 25.7 Å². The zero-order valence-corrected chi connectivity index (χ0v) is 10.0. The van der Waals surface area contributed by atoms with Gasteiger partial charge in [-0.1, -0.05) is 13.8 Å². The lowest BCUT2D eigenvalue weighted by molar-refractivity contribution is -0.118. The van der Waals surface area contributed by atoms with Gasteiger partial charge in [-0.15, -0.1) is 0 Å². The summed E-state index contributed by atoms with van der Waals surface area (Å²) >= 11 is 0. The summed E-state index contributed by atoms with van der Waals surface area (Å²) in [7, 11) is 0. The van der Waals surface area contributed by atoms with Crippen molar-refractivity contribution < 1.29 is 4.79 Å². The van der Waals surface area contributed by atoms with E-state index in [2.05, 4.69) is 19.2 Å². The van der Waals surface area contributed by atoms with Crippen LogP contribution in [0.5, 0.6) is 0 Å². The molecule has 0 radical (unpaired) electrons. The van der Waals surface area contributed by atoms with E-state index in [0.717, 1.165) is 13.0 Å². The minimum atomic E-state index is -0.193. The summed E-state index contributed by atoms with van der Waals surface area (Å²) in [5.41, 5.74) is 5.61. The van der Waals surface area contributed by atoms with Gasteiger partial charge >= 0.3 is 0 Å². The van der Waals surface area contributed by atoms with Gasteiger partial charge in [-0.3, -0.25) is 4.79 Å². The van der Waals surface area contributed by atoms with Crippen molar-refractivity contribution in [1.29, 1.82) is 0 Å². The molecule has 0 atom stereocenters. The van der Waals surface area contributed by atoms with Gasteiger partial charge in [0.2, 0.25) is 5.91 Å². The molecule has 3 nitrogen and oxygen atoms in total. The van der Waals surface area contributed by atoms with Crippen LogP contribution in [0.2, 0.25) is 0 Å². The molecule has 1 fully saturated rings. The van der Waals surface area contributed by atoms with E-state index >= 15 is 0 Å². The lowest BCUT2D eigenvalue weighted by Gasteiger charge is -2.34. The van der Waals surface area contributed by atoms with Gasteiger partial charge in [-0.25, -0.2) is 0 Å². The van der Waals surface area contributed by atoms with Crippen molar-refractivity contribution in [3.63, 3.8) is 0 Å². The third-order valence-corrected chi connectivity index (χ3v) is 3.37. The third-order valence-electron chi connectivity index (χ3n) is 3.37. The van der Waals surface area contributed by atoms with Crippen LogP contribution in [0.4, 0.5) is 0 Å². The fourth-order valence-corrected chi connectivity index (χ4v) is 2.17. The number of primary amides is 1. The van der Waals surface area contributed by atoms with Crippen molar-refractivity contribution in [1.82, 2.24) is 5.32 Å². The Hall–Kier alpha value is -0.570. The summed E-state index contributed by atoms with van der Waals surface area (Å²) in [6, 6.07) is 0.658. The Morgan fingerprint density at radius 1 is 1.40 bits per heavy atom. The molecule has 1 saturated carbocycles. The van der Waals surface area contributed by atoms with Crippen LogP contribution in [-0.2, 0) is 4.79 Å². The zero-order valence-electron chi connectivity index (χ0n) is 10.0. The maximum atomic E-state index is 10.5. The Morgan fingerprint density at radius 2 is 2.00 bits per heavy atom. The van der Waals surface area contributed by atoms with E-state index in [4.69, 9.17) is 5.73 Å². The summed E-state index contributed by atoms with van der Waals surface area (Å²) in [5, 5.41) is 3.51. The monoisotopic (exact) mass is 212 g/mol. The van der Waals surface area contributed by atoms with Gasteiger partial charge in [0.05, 0.1) is 0 Å². The van der Waals surface area contributed by atoms with E-state index < -0.39 is 0 Å². The summed E-state index contributed by atoms with van der Waals surface area (Å²) in [5.74, 6) is -0.193. The Kier molecular flexibility index (Phi) is 4.58. The third kappa shape index (κ3) is 5.17. The van der Waals surface area contributed by atoms with Crippen LogP contribution >= 0.6 is 0 Å². The number of nitrogens with one attached hydrogen (secondary N) is 1. The molecule has 1 aliphatic rings.